The second kappa shape index (κ2) is 5.80. The molecule has 0 aliphatic carbocycles. The Bertz CT molecular complexity index is 636. The smallest absolute Gasteiger partial charge is 0.123 e. The van der Waals surface area contributed by atoms with E-state index >= 15 is 0 Å². The van der Waals surface area contributed by atoms with Gasteiger partial charge in [-0.3, -0.25) is 0 Å². The summed E-state index contributed by atoms with van der Waals surface area (Å²) in [6, 6.07) is 11.8. The highest BCUT2D eigenvalue weighted by molar-refractivity contribution is 5.40. The van der Waals surface area contributed by atoms with Crippen LogP contribution in [0.5, 0.6) is 11.5 Å². The molecule has 0 bridgehead atoms. The Morgan fingerprint density at radius 2 is 1.71 bits per heavy atom. The molecule has 0 atom stereocenters. The summed E-state index contributed by atoms with van der Waals surface area (Å²) in [7, 11) is 0. The molecule has 0 radical (unpaired) electrons. The van der Waals surface area contributed by atoms with Crippen LogP contribution in [0.2, 0.25) is 0 Å². The van der Waals surface area contributed by atoms with Crippen LogP contribution in [-0.2, 0) is 12.0 Å². The molecule has 112 valence electrons. The van der Waals surface area contributed by atoms with E-state index in [-0.39, 0.29) is 11.2 Å². The SMILES string of the molecule is Cc1ccc(COc2cc(O)cc(C(C)(C)C)c2)c(C)c1. The molecule has 0 aliphatic rings. The van der Waals surface area contributed by atoms with Gasteiger partial charge in [-0.05, 0) is 48.1 Å². The third kappa shape index (κ3) is 4.01. The normalized spacial score (nSPS) is 11.5. The first-order chi connectivity index (χ1) is 9.75. The first-order valence-electron chi connectivity index (χ1n) is 7.29. The Kier molecular flexibility index (Phi) is 4.26. The predicted molar refractivity (Wildman–Crippen MR) is 87.1 cm³/mol. The maximum Gasteiger partial charge on any atom is 0.123 e. The zero-order chi connectivity index (χ0) is 15.6. The average Bonchev–Trinajstić information content (AvgIpc) is 2.36. The summed E-state index contributed by atoms with van der Waals surface area (Å²) in [5, 5.41) is 9.87. The average molecular weight is 284 g/mol. The summed E-state index contributed by atoms with van der Waals surface area (Å²) < 4.78 is 5.87. The maximum atomic E-state index is 9.87. The van der Waals surface area contributed by atoms with Crippen LogP contribution in [0, 0.1) is 13.8 Å². The van der Waals surface area contributed by atoms with Crippen molar-refractivity contribution in [3.8, 4) is 11.5 Å². The van der Waals surface area contributed by atoms with Crippen molar-refractivity contribution in [1.82, 2.24) is 0 Å². The van der Waals surface area contributed by atoms with Crippen LogP contribution in [-0.4, -0.2) is 5.11 Å². The number of hydrogen-bond acceptors (Lipinski definition) is 2. The summed E-state index contributed by atoms with van der Waals surface area (Å²) in [6.45, 7) is 11.1. The van der Waals surface area contributed by atoms with Crippen molar-refractivity contribution in [3.63, 3.8) is 0 Å². The van der Waals surface area contributed by atoms with Gasteiger partial charge >= 0.3 is 0 Å². The van der Waals surface area contributed by atoms with Crippen molar-refractivity contribution < 1.29 is 9.84 Å². The van der Waals surface area contributed by atoms with Crippen LogP contribution in [0.15, 0.2) is 36.4 Å². The van der Waals surface area contributed by atoms with E-state index in [4.69, 9.17) is 4.74 Å². The monoisotopic (exact) mass is 284 g/mol. The van der Waals surface area contributed by atoms with Gasteiger partial charge in [0, 0.05) is 6.07 Å². The molecule has 21 heavy (non-hydrogen) atoms. The van der Waals surface area contributed by atoms with Crippen LogP contribution in [0.3, 0.4) is 0 Å². The lowest BCUT2D eigenvalue weighted by Crippen LogP contribution is -2.11. The molecule has 0 spiro atoms. The number of rotatable bonds is 3. The van der Waals surface area contributed by atoms with Gasteiger partial charge in [0.05, 0.1) is 0 Å². The highest BCUT2D eigenvalue weighted by atomic mass is 16.5. The lowest BCUT2D eigenvalue weighted by molar-refractivity contribution is 0.302. The van der Waals surface area contributed by atoms with E-state index in [9.17, 15) is 5.11 Å². The second-order valence-electron chi connectivity index (χ2n) is 6.68. The molecule has 0 heterocycles. The number of aryl methyl sites for hydroxylation is 2. The number of ether oxygens (including phenoxy) is 1. The number of hydrogen-bond donors (Lipinski definition) is 1. The van der Waals surface area contributed by atoms with Crippen molar-refractivity contribution in [3.05, 3.63) is 58.7 Å². The Hall–Kier alpha value is -1.96. The summed E-state index contributed by atoms with van der Waals surface area (Å²) in [5.74, 6) is 0.956. The fourth-order valence-electron chi connectivity index (χ4n) is 2.27. The van der Waals surface area contributed by atoms with Crippen molar-refractivity contribution in [1.29, 1.82) is 0 Å². The van der Waals surface area contributed by atoms with Gasteiger partial charge in [-0.1, -0.05) is 44.5 Å². The summed E-state index contributed by atoms with van der Waals surface area (Å²) >= 11 is 0. The number of benzene rings is 2. The van der Waals surface area contributed by atoms with Gasteiger partial charge in [-0.15, -0.1) is 0 Å². The lowest BCUT2D eigenvalue weighted by Gasteiger charge is -2.20. The summed E-state index contributed by atoms with van der Waals surface area (Å²) in [4.78, 5) is 0. The van der Waals surface area contributed by atoms with Crippen molar-refractivity contribution in [2.75, 3.05) is 0 Å². The summed E-state index contributed by atoms with van der Waals surface area (Å²) in [5.41, 5.74) is 4.70. The van der Waals surface area contributed by atoms with E-state index in [1.54, 1.807) is 12.1 Å². The molecule has 0 aliphatic heterocycles. The fourth-order valence-corrected chi connectivity index (χ4v) is 2.27. The first-order valence-corrected chi connectivity index (χ1v) is 7.29. The standard InChI is InChI=1S/C19H24O2/c1-13-6-7-15(14(2)8-13)12-21-18-10-16(19(3,4)5)9-17(20)11-18/h6-11,20H,12H2,1-5H3. The molecule has 0 amide bonds. The minimum Gasteiger partial charge on any atom is -0.508 e. The molecular weight excluding hydrogens is 260 g/mol. The third-order valence-corrected chi connectivity index (χ3v) is 3.65. The van der Waals surface area contributed by atoms with E-state index in [2.05, 4.69) is 52.8 Å². The molecule has 2 rings (SSSR count). The highest BCUT2D eigenvalue weighted by Gasteiger charge is 2.15. The molecule has 0 saturated heterocycles. The Morgan fingerprint density at radius 1 is 1.00 bits per heavy atom. The molecule has 2 nitrogen and oxygen atoms in total. The molecule has 0 saturated carbocycles. The topological polar surface area (TPSA) is 29.5 Å². The largest absolute Gasteiger partial charge is 0.508 e. The van der Waals surface area contributed by atoms with E-state index < -0.39 is 0 Å². The molecule has 2 aromatic rings. The maximum absolute atomic E-state index is 9.87. The van der Waals surface area contributed by atoms with Gasteiger partial charge in [0.15, 0.2) is 0 Å². The minimum atomic E-state index is -0.0172. The minimum absolute atomic E-state index is 0.0172. The highest BCUT2D eigenvalue weighted by Crippen LogP contribution is 2.30. The molecule has 2 aromatic carbocycles. The van der Waals surface area contributed by atoms with Crippen LogP contribution < -0.4 is 4.74 Å². The molecule has 1 N–H and O–H groups in total. The van der Waals surface area contributed by atoms with Gasteiger partial charge in [0.2, 0.25) is 0 Å². The molecular formula is C19H24O2. The van der Waals surface area contributed by atoms with Crippen LogP contribution >= 0.6 is 0 Å². The predicted octanol–water partition coefficient (Wildman–Crippen LogP) is 4.89. The number of phenols is 1. The van der Waals surface area contributed by atoms with Crippen LogP contribution in [0.4, 0.5) is 0 Å². The quantitative estimate of drug-likeness (QED) is 0.870. The number of phenolic OH excluding ortho intramolecular Hbond substituents is 1. The fraction of sp³-hybridized carbons (Fsp3) is 0.368. The van der Waals surface area contributed by atoms with Gasteiger partial charge in [-0.25, -0.2) is 0 Å². The number of aromatic hydroxyl groups is 1. The van der Waals surface area contributed by atoms with Crippen molar-refractivity contribution in [2.45, 2.75) is 46.6 Å². The molecule has 0 aromatic heterocycles. The second-order valence-corrected chi connectivity index (χ2v) is 6.68. The zero-order valence-electron chi connectivity index (χ0n) is 13.5. The van der Waals surface area contributed by atoms with E-state index in [1.807, 2.05) is 6.07 Å². The van der Waals surface area contributed by atoms with Crippen molar-refractivity contribution in [2.24, 2.45) is 0 Å². The van der Waals surface area contributed by atoms with Gasteiger partial charge in [-0.2, -0.15) is 0 Å². The van der Waals surface area contributed by atoms with Gasteiger partial charge in [0.1, 0.15) is 18.1 Å². The molecule has 2 heteroatoms. The Morgan fingerprint density at radius 3 is 2.33 bits per heavy atom. The van der Waals surface area contributed by atoms with E-state index in [1.165, 1.54) is 16.7 Å². The van der Waals surface area contributed by atoms with Gasteiger partial charge in [0.25, 0.3) is 0 Å². The lowest BCUT2D eigenvalue weighted by atomic mass is 9.87. The van der Waals surface area contributed by atoms with Crippen LogP contribution in [0.1, 0.15) is 43.0 Å². The molecule has 0 unspecified atom stereocenters. The van der Waals surface area contributed by atoms with Crippen molar-refractivity contribution >= 4 is 0 Å². The molecule has 0 fully saturated rings. The zero-order valence-corrected chi connectivity index (χ0v) is 13.5. The first kappa shape index (κ1) is 15.4. The van der Waals surface area contributed by atoms with E-state index in [0.29, 0.717) is 12.4 Å². The Balaban J connectivity index is 2.18. The third-order valence-electron chi connectivity index (χ3n) is 3.65. The van der Waals surface area contributed by atoms with E-state index in [0.717, 1.165) is 5.56 Å². The Labute approximate surface area is 127 Å². The van der Waals surface area contributed by atoms with Crippen LogP contribution in [0.25, 0.3) is 0 Å². The summed E-state index contributed by atoms with van der Waals surface area (Å²) in [6.07, 6.45) is 0. The van der Waals surface area contributed by atoms with Gasteiger partial charge < -0.3 is 9.84 Å².